The molecule has 3 aromatic rings. The van der Waals surface area contributed by atoms with Crippen molar-refractivity contribution >= 4 is 26.9 Å². The third kappa shape index (κ3) is 3.58. The predicted molar refractivity (Wildman–Crippen MR) is 113 cm³/mol. The van der Waals surface area contributed by atoms with E-state index in [1.807, 2.05) is 19.3 Å². The quantitative estimate of drug-likeness (QED) is 0.639. The zero-order chi connectivity index (χ0) is 20.7. The van der Waals surface area contributed by atoms with Gasteiger partial charge in [0.25, 0.3) is 0 Å². The number of rotatable bonds is 6. The molecule has 1 saturated heterocycles. The summed E-state index contributed by atoms with van der Waals surface area (Å²) in [6, 6.07) is 2.28. The van der Waals surface area contributed by atoms with Crippen LogP contribution >= 0.6 is 0 Å². The topological polar surface area (TPSA) is 108 Å². The summed E-state index contributed by atoms with van der Waals surface area (Å²) >= 11 is 0. The Morgan fingerprint density at radius 1 is 1.23 bits per heavy atom. The lowest BCUT2D eigenvalue weighted by Gasteiger charge is -2.42. The Kier molecular flexibility index (Phi) is 4.98. The molecule has 4 heterocycles. The molecule has 1 N–H and O–H groups in total. The van der Waals surface area contributed by atoms with Crippen molar-refractivity contribution in [3.05, 3.63) is 36.9 Å². The Morgan fingerprint density at radius 3 is 2.77 bits per heavy atom. The first kappa shape index (κ1) is 19.5. The number of sulfonamides is 1. The molecule has 3 aromatic heterocycles. The standard InChI is InChI=1S/C20H26N6O3S/c1-25(19-17-2-5-21-18(17)23-13-24-19)16-10-14(11-16)12-30(27,28)26-7-3-15(4-8-26)20-22-6-9-29-20/h2,5-6,9,13-16H,3-4,7-8,10-12H2,1H3,(H,21,23,24). The van der Waals surface area contributed by atoms with Gasteiger partial charge in [0.15, 0.2) is 5.89 Å². The summed E-state index contributed by atoms with van der Waals surface area (Å²) < 4.78 is 32.9. The van der Waals surface area contributed by atoms with E-state index in [0.717, 1.165) is 48.4 Å². The molecule has 0 bridgehead atoms. The van der Waals surface area contributed by atoms with Crippen LogP contribution in [0.25, 0.3) is 11.0 Å². The van der Waals surface area contributed by atoms with Crippen molar-refractivity contribution in [3.63, 3.8) is 0 Å². The molecular formula is C20H26N6O3S. The summed E-state index contributed by atoms with van der Waals surface area (Å²) in [6.07, 6.45) is 9.88. The second-order valence-corrected chi connectivity index (χ2v) is 10.4. The zero-order valence-corrected chi connectivity index (χ0v) is 17.8. The van der Waals surface area contributed by atoms with E-state index in [0.29, 0.717) is 19.1 Å². The number of anilines is 1. The molecule has 1 saturated carbocycles. The van der Waals surface area contributed by atoms with Crippen LogP contribution in [0.5, 0.6) is 0 Å². The van der Waals surface area contributed by atoms with E-state index in [1.54, 1.807) is 23.1 Å². The van der Waals surface area contributed by atoms with Crippen LogP contribution in [0.2, 0.25) is 0 Å². The number of aromatic amines is 1. The van der Waals surface area contributed by atoms with Crippen LogP contribution in [0, 0.1) is 5.92 Å². The van der Waals surface area contributed by atoms with Gasteiger partial charge in [-0.05, 0) is 37.7 Å². The third-order valence-electron chi connectivity index (χ3n) is 6.52. The van der Waals surface area contributed by atoms with Crippen LogP contribution < -0.4 is 4.90 Å². The van der Waals surface area contributed by atoms with Crippen molar-refractivity contribution in [2.45, 2.75) is 37.6 Å². The summed E-state index contributed by atoms with van der Waals surface area (Å²) in [6.45, 7) is 1.08. The van der Waals surface area contributed by atoms with Gasteiger partial charge in [-0.15, -0.1) is 0 Å². The van der Waals surface area contributed by atoms with E-state index in [9.17, 15) is 8.42 Å². The van der Waals surface area contributed by atoms with Gasteiger partial charge in [-0.3, -0.25) is 0 Å². The van der Waals surface area contributed by atoms with Gasteiger partial charge in [0, 0.05) is 38.3 Å². The molecule has 10 heteroatoms. The SMILES string of the molecule is CN(c1ncnc2[nH]ccc12)C1CC(CS(=O)(=O)N2CCC(c3ncco3)CC2)C1. The number of piperidine rings is 1. The number of fused-ring (bicyclic) bond motifs is 1. The maximum atomic E-state index is 12.9. The number of hydrogen-bond donors (Lipinski definition) is 1. The highest BCUT2D eigenvalue weighted by Gasteiger charge is 2.38. The van der Waals surface area contributed by atoms with E-state index in [2.05, 4.69) is 24.8 Å². The van der Waals surface area contributed by atoms with Crippen LogP contribution in [0.4, 0.5) is 5.82 Å². The molecule has 2 fully saturated rings. The predicted octanol–water partition coefficient (Wildman–Crippen LogP) is 2.37. The van der Waals surface area contributed by atoms with Crippen LogP contribution in [0.1, 0.15) is 37.5 Å². The fourth-order valence-corrected chi connectivity index (χ4v) is 6.53. The van der Waals surface area contributed by atoms with Gasteiger partial charge in [0.1, 0.15) is 24.1 Å². The Morgan fingerprint density at radius 2 is 2.03 bits per heavy atom. The number of oxazole rings is 1. The number of nitrogens with one attached hydrogen (secondary N) is 1. The van der Waals surface area contributed by atoms with Gasteiger partial charge in [0.2, 0.25) is 10.0 Å². The van der Waals surface area contributed by atoms with E-state index in [4.69, 9.17) is 4.42 Å². The van der Waals surface area contributed by atoms with Crippen LogP contribution in [0.15, 0.2) is 35.5 Å². The van der Waals surface area contributed by atoms with E-state index in [-0.39, 0.29) is 17.6 Å². The van der Waals surface area contributed by atoms with Crippen molar-refractivity contribution in [2.75, 3.05) is 30.8 Å². The molecule has 5 rings (SSSR count). The summed E-state index contributed by atoms with van der Waals surface area (Å²) in [5.41, 5.74) is 0.818. The van der Waals surface area contributed by atoms with Crippen LogP contribution in [0.3, 0.4) is 0 Å². The van der Waals surface area contributed by atoms with E-state index in [1.165, 1.54) is 0 Å². The van der Waals surface area contributed by atoms with Crippen LogP contribution in [-0.2, 0) is 10.0 Å². The van der Waals surface area contributed by atoms with E-state index < -0.39 is 10.0 Å². The molecular weight excluding hydrogens is 404 g/mol. The molecule has 0 atom stereocenters. The molecule has 0 spiro atoms. The summed E-state index contributed by atoms with van der Waals surface area (Å²) in [4.78, 5) is 18.1. The minimum Gasteiger partial charge on any atom is -0.449 e. The monoisotopic (exact) mass is 430 g/mol. The minimum absolute atomic E-state index is 0.190. The number of nitrogens with zero attached hydrogens (tertiary/aromatic N) is 5. The van der Waals surface area contributed by atoms with Crippen molar-refractivity contribution in [3.8, 4) is 0 Å². The third-order valence-corrected chi connectivity index (χ3v) is 8.56. The first-order valence-corrected chi connectivity index (χ1v) is 12.0. The molecule has 1 aliphatic carbocycles. The minimum atomic E-state index is -3.24. The van der Waals surface area contributed by atoms with Gasteiger partial charge >= 0.3 is 0 Å². The molecule has 0 radical (unpaired) electrons. The van der Waals surface area contributed by atoms with Gasteiger partial charge < -0.3 is 14.3 Å². The lowest BCUT2D eigenvalue weighted by Crippen LogP contribution is -2.48. The Bertz CT molecular complexity index is 1100. The number of aromatic nitrogens is 4. The normalized spacial score (nSPS) is 23.5. The molecule has 30 heavy (non-hydrogen) atoms. The summed E-state index contributed by atoms with van der Waals surface area (Å²) in [5, 5.41) is 0.991. The molecule has 0 aromatic carbocycles. The highest BCUT2D eigenvalue weighted by molar-refractivity contribution is 7.89. The van der Waals surface area contributed by atoms with Gasteiger partial charge in [0.05, 0.1) is 17.3 Å². The molecule has 160 valence electrons. The molecule has 1 aliphatic heterocycles. The molecule has 2 aliphatic rings. The highest BCUT2D eigenvalue weighted by Crippen LogP contribution is 2.37. The first-order chi connectivity index (χ1) is 14.5. The average molecular weight is 431 g/mol. The summed E-state index contributed by atoms with van der Waals surface area (Å²) in [7, 11) is -1.22. The second kappa shape index (κ2) is 7.66. The lowest BCUT2D eigenvalue weighted by molar-refractivity contribution is 0.265. The molecule has 9 nitrogen and oxygen atoms in total. The average Bonchev–Trinajstić information content (AvgIpc) is 3.41. The van der Waals surface area contributed by atoms with Crippen molar-refractivity contribution in [1.82, 2.24) is 24.2 Å². The molecule has 0 unspecified atom stereocenters. The summed E-state index contributed by atoms with van der Waals surface area (Å²) in [5.74, 6) is 2.24. The van der Waals surface area contributed by atoms with Gasteiger partial charge in [-0.25, -0.2) is 27.7 Å². The Balaban J connectivity index is 1.15. The van der Waals surface area contributed by atoms with Gasteiger partial charge in [-0.1, -0.05) is 0 Å². The Hall–Kier alpha value is -2.46. The largest absolute Gasteiger partial charge is 0.449 e. The maximum Gasteiger partial charge on any atom is 0.214 e. The lowest BCUT2D eigenvalue weighted by atomic mass is 9.81. The fourth-order valence-electron chi connectivity index (χ4n) is 4.69. The highest BCUT2D eigenvalue weighted by atomic mass is 32.2. The zero-order valence-electron chi connectivity index (χ0n) is 16.9. The smallest absolute Gasteiger partial charge is 0.214 e. The van der Waals surface area contributed by atoms with Crippen molar-refractivity contribution in [2.24, 2.45) is 5.92 Å². The Labute approximate surface area is 175 Å². The van der Waals surface area contributed by atoms with E-state index >= 15 is 0 Å². The fraction of sp³-hybridized carbons (Fsp3) is 0.550. The number of H-pyrrole nitrogens is 1. The first-order valence-electron chi connectivity index (χ1n) is 10.4. The van der Waals surface area contributed by atoms with Crippen molar-refractivity contribution < 1.29 is 12.8 Å². The second-order valence-electron chi connectivity index (χ2n) is 8.36. The van der Waals surface area contributed by atoms with Crippen LogP contribution in [-0.4, -0.2) is 64.6 Å². The maximum absolute atomic E-state index is 12.9. The number of hydrogen-bond acceptors (Lipinski definition) is 7. The molecule has 0 amide bonds. The van der Waals surface area contributed by atoms with Crippen molar-refractivity contribution in [1.29, 1.82) is 0 Å². The van der Waals surface area contributed by atoms with Gasteiger partial charge in [-0.2, -0.15) is 0 Å².